The van der Waals surface area contributed by atoms with Gasteiger partial charge in [0, 0.05) is 15.8 Å². The molecule has 0 saturated carbocycles. The maximum atomic E-state index is 13.9. The summed E-state index contributed by atoms with van der Waals surface area (Å²) in [5, 5.41) is 9.11. The molecule has 0 fully saturated rings. The van der Waals surface area contributed by atoms with Crippen LogP contribution in [0.5, 0.6) is 0 Å². The van der Waals surface area contributed by atoms with Gasteiger partial charge < -0.3 is 0 Å². The van der Waals surface area contributed by atoms with Crippen LogP contribution >= 0.6 is 27.7 Å². The summed E-state index contributed by atoms with van der Waals surface area (Å²) in [7, 11) is 0. The van der Waals surface area contributed by atoms with E-state index in [9.17, 15) is 4.39 Å². The molecule has 0 spiro atoms. The zero-order chi connectivity index (χ0) is 17.9. The Bertz CT molecular complexity index is 1050. The zero-order valence-corrected chi connectivity index (χ0v) is 15.9. The summed E-state index contributed by atoms with van der Waals surface area (Å²) in [6.45, 7) is 0.275. The summed E-state index contributed by atoms with van der Waals surface area (Å²) in [4.78, 5) is 8.61. The minimum Gasteiger partial charge on any atom is -0.227 e. The molecule has 0 aliphatic rings. The van der Waals surface area contributed by atoms with Crippen LogP contribution in [0.15, 0.2) is 64.4 Å². The lowest BCUT2D eigenvalue weighted by Crippen LogP contribution is -2.04. The Morgan fingerprint density at radius 3 is 2.65 bits per heavy atom. The monoisotopic (exact) mass is 429 g/mol. The number of thioether (sulfide) groups is 1. The highest BCUT2D eigenvalue weighted by Crippen LogP contribution is 2.26. The highest BCUT2D eigenvalue weighted by molar-refractivity contribution is 9.10. The Kier molecular flexibility index (Phi) is 4.94. The van der Waals surface area contributed by atoms with Crippen LogP contribution < -0.4 is 0 Å². The number of halogens is 2. The molecule has 0 aliphatic heterocycles. The van der Waals surface area contributed by atoms with Crippen molar-refractivity contribution in [2.24, 2.45) is 0 Å². The second-order valence-corrected chi connectivity index (χ2v) is 7.48. The molecular weight excluding hydrogens is 417 g/mol. The molecule has 0 atom stereocenters. The molecule has 8 heteroatoms. The minimum absolute atomic E-state index is 0.268. The lowest BCUT2D eigenvalue weighted by molar-refractivity contribution is 0.582. The van der Waals surface area contributed by atoms with E-state index in [2.05, 4.69) is 48.3 Å². The van der Waals surface area contributed by atoms with Gasteiger partial charge in [0.05, 0.1) is 6.54 Å². The standard InChI is InChI=1S/C18H13BrFN5S/c19-14-7-5-12(6-8-14)10-26-18-16-17(21-11-22-18)25(24-23-16)9-13-3-1-2-4-15(13)20/h1-8,11H,9-10H2. The van der Waals surface area contributed by atoms with E-state index in [-0.39, 0.29) is 12.4 Å². The first-order chi connectivity index (χ1) is 12.7. The van der Waals surface area contributed by atoms with E-state index in [1.165, 1.54) is 18.0 Å². The molecule has 0 N–H and O–H groups in total. The van der Waals surface area contributed by atoms with Gasteiger partial charge in [0.2, 0.25) is 0 Å². The molecule has 4 rings (SSSR count). The van der Waals surface area contributed by atoms with Gasteiger partial charge in [0.25, 0.3) is 0 Å². The van der Waals surface area contributed by atoms with E-state index >= 15 is 0 Å². The average molecular weight is 430 g/mol. The van der Waals surface area contributed by atoms with Crippen LogP contribution in [0.3, 0.4) is 0 Å². The Labute approximate surface area is 161 Å². The van der Waals surface area contributed by atoms with Crippen molar-refractivity contribution in [1.82, 2.24) is 25.0 Å². The van der Waals surface area contributed by atoms with Crippen LogP contribution in [-0.2, 0) is 12.3 Å². The van der Waals surface area contributed by atoms with Gasteiger partial charge in [-0.25, -0.2) is 19.0 Å². The van der Waals surface area contributed by atoms with Gasteiger partial charge in [-0.2, -0.15) is 0 Å². The molecule has 2 aromatic heterocycles. The van der Waals surface area contributed by atoms with Gasteiger partial charge in [-0.1, -0.05) is 63.2 Å². The number of hydrogen-bond donors (Lipinski definition) is 0. The predicted molar refractivity (Wildman–Crippen MR) is 102 cm³/mol. The van der Waals surface area contributed by atoms with Crippen molar-refractivity contribution in [3.8, 4) is 0 Å². The van der Waals surface area contributed by atoms with E-state index in [1.54, 1.807) is 34.6 Å². The maximum absolute atomic E-state index is 13.9. The van der Waals surface area contributed by atoms with Crippen molar-refractivity contribution in [3.05, 3.63) is 76.3 Å². The summed E-state index contributed by atoms with van der Waals surface area (Å²) in [5.41, 5.74) is 2.96. The molecule has 0 unspecified atom stereocenters. The Balaban J connectivity index is 1.58. The molecule has 130 valence electrons. The quantitative estimate of drug-likeness (QED) is 0.346. The van der Waals surface area contributed by atoms with Crippen molar-refractivity contribution in [1.29, 1.82) is 0 Å². The predicted octanol–water partition coefficient (Wildman–Crippen LogP) is 4.46. The molecule has 2 aromatic carbocycles. The Hall–Kier alpha value is -2.32. The van der Waals surface area contributed by atoms with Crippen LogP contribution in [0.1, 0.15) is 11.1 Å². The smallest absolute Gasteiger partial charge is 0.183 e. The zero-order valence-electron chi connectivity index (χ0n) is 13.5. The van der Waals surface area contributed by atoms with Crippen molar-refractivity contribution < 1.29 is 4.39 Å². The first-order valence-corrected chi connectivity index (χ1v) is 9.63. The van der Waals surface area contributed by atoms with Gasteiger partial charge in [-0.3, -0.25) is 0 Å². The number of benzene rings is 2. The molecule has 0 radical (unpaired) electrons. The van der Waals surface area contributed by atoms with Crippen LogP contribution in [0.4, 0.5) is 4.39 Å². The fourth-order valence-corrected chi connectivity index (χ4v) is 3.65. The van der Waals surface area contributed by atoms with E-state index in [0.29, 0.717) is 16.7 Å². The summed E-state index contributed by atoms with van der Waals surface area (Å²) in [6.07, 6.45) is 1.49. The molecule has 0 saturated heterocycles. The molecule has 4 aromatic rings. The number of aromatic nitrogens is 5. The summed E-state index contributed by atoms with van der Waals surface area (Å²) in [6, 6.07) is 14.8. The molecular formula is C18H13BrFN5S. The first kappa shape index (κ1) is 17.1. The molecule has 2 heterocycles. The summed E-state index contributed by atoms with van der Waals surface area (Å²) >= 11 is 5.01. The lowest BCUT2D eigenvalue weighted by Gasteiger charge is -2.04. The van der Waals surface area contributed by atoms with Gasteiger partial charge >= 0.3 is 0 Å². The molecule has 0 bridgehead atoms. The second-order valence-electron chi connectivity index (χ2n) is 5.60. The molecule has 5 nitrogen and oxygen atoms in total. The highest BCUT2D eigenvalue weighted by Gasteiger charge is 2.13. The maximum Gasteiger partial charge on any atom is 0.183 e. The normalized spacial score (nSPS) is 11.2. The summed E-state index contributed by atoms with van der Waals surface area (Å²) in [5.74, 6) is 0.495. The SMILES string of the molecule is Fc1ccccc1Cn1nnc2c(SCc3ccc(Br)cc3)ncnc21. The second kappa shape index (κ2) is 7.51. The van der Waals surface area contributed by atoms with Crippen molar-refractivity contribution in [2.75, 3.05) is 0 Å². The van der Waals surface area contributed by atoms with Gasteiger partial charge in [0.15, 0.2) is 11.2 Å². The van der Waals surface area contributed by atoms with E-state index in [1.807, 2.05) is 12.1 Å². The highest BCUT2D eigenvalue weighted by atomic mass is 79.9. The molecule has 26 heavy (non-hydrogen) atoms. The third-order valence-corrected chi connectivity index (χ3v) is 5.41. The van der Waals surface area contributed by atoms with Gasteiger partial charge in [0.1, 0.15) is 17.2 Å². The van der Waals surface area contributed by atoms with Crippen molar-refractivity contribution in [3.63, 3.8) is 0 Å². The third-order valence-electron chi connectivity index (χ3n) is 3.83. The van der Waals surface area contributed by atoms with Crippen LogP contribution in [0, 0.1) is 5.82 Å². The van der Waals surface area contributed by atoms with Crippen LogP contribution in [-0.4, -0.2) is 25.0 Å². The summed E-state index contributed by atoms with van der Waals surface area (Å²) < 4.78 is 16.5. The van der Waals surface area contributed by atoms with Gasteiger partial charge in [-0.05, 0) is 23.8 Å². The Morgan fingerprint density at radius 2 is 1.85 bits per heavy atom. The molecule has 0 amide bonds. The van der Waals surface area contributed by atoms with Crippen molar-refractivity contribution >= 4 is 38.9 Å². The average Bonchev–Trinajstić information content (AvgIpc) is 3.07. The first-order valence-electron chi connectivity index (χ1n) is 7.85. The Morgan fingerprint density at radius 1 is 1.04 bits per heavy atom. The number of nitrogens with zero attached hydrogens (tertiary/aromatic N) is 5. The number of fused-ring (bicyclic) bond motifs is 1. The fourth-order valence-electron chi connectivity index (χ4n) is 2.50. The van der Waals surface area contributed by atoms with Crippen molar-refractivity contribution in [2.45, 2.75) is 17.3 Å². The van der Waals surface area contributed by atoms with E-state index in [0.717, 1.165) is 15.3 Å². The van der Waals surface area contributed by atoms with E-state index in [4.69, 9.17) is 0 Å². The topological polar surface area (TPSA) is 56.5 Å². The minimum atomic E-state index is -0.268. The lowest BCUT2D eigenvalue weighted by atomic mass is 10.2. The fraction of sp³-hybridized carbons (Fsp3) is 0.111. The molecule has 0 aliphatic carbocycles. The number of hydrogen-bond acceptors (Lipinski definition) is 5. The van der Waals surface area contributed by atoms with Crippen LogP contribution in [0.2, 0.25) is 0 Å². The van der Waals surface area contributed by atoms with Gasteiger partial charge in [-0.15, -0.1) is 5.10 Å². The number of rotatable bonds is 5. The third kappa shape index (κ3) is 3.61. The largest absolute Gasteiger partial charge is 0.227 e. The van der Waals surface area contributed by atoms with Crippen LogP contribution in [0.25, 0.3) is 11.2 Å². The van der Waals surface area contributed by atoms with E-state index < -0.39 is 0 Å².